The molecule has 2 heterocycles. The molecule has 1 atom stereocenters. The predicted octanol–water partition coefficient (Wildman–Crippen LogP) is 3.27. The molecule has 21 heavy (non-hydrogen) atoms. The van der Waals surface area contributed by atoms with Crippen LogP contribution in [-0.4, -0.2) is 18.1 Å². The molecule has 1 aromatic carbocycles. The summed E-state index contributed by atoms with van der Waals surface area (Å²) in [5.41, 5.74) is 2.19. The minimum Gasteiger partial charge on any atom is -0.378 e. The van der Waals surface area contributed by atoms with E-state index in [0.717, 1.165) is 9.35 Å². The first kappa shape index (κ1) is 14.5. The number of hydrogen-bond acceptors (Lipinski definition) is 4. The minimum atomic E-state index is -1.29. The highest BCUT2D eigenvalue weighted by Gasteiger charge is 2.30. The number of thiophene rings is 1. The molecule has 0 aliphatic carbocycles. The molecule has 4 nitrogen and oxygen atoms in total. The van der Waals surface area contributed by atoms with E-state index in [9.17, 15) is 14.3 Å². The Morgan fingerprint density at radius 3 is 2.90 bits per heavy atom. The van der Waals surface area contributed by atoms with Crippen LogP contribution >= 0.6 is 27.3 Å². The summed E-state index contributed by atoms with van der Waals surface area (Å²) in [4.78, 5) is 13.2. The Morgan fingerprint density at radius 1 is 1.48 bits per heavy atom. The first-order valence-electron chi connectivity index (χ1n) is 6.22. The van der Waals surface area contributed by atoms with Crippen molar-refractivity contribution in [3.8, 4) is 0 Å². The zero-order valence-electron chi connectivity index (χ0n) is 11.1. The third-order valence-corrected chi connectivity index (χ3v) is 4.93. The second kappa shape index (κ2) is 5.40. The predicted molar refractivity (Wildman–Crippen MR) is 84.1 cm³/mol. The summed E-state index contributed by atoms with van der Waals surface area (Å²) in [5.74, 6) is -0.980. The van der Waals surface area contributed by atoms with Gasteiger partial charge in [0.15, 0.2) is 6.10 Å². The summed E-state index contributed by atoms with van der Waals surface area (Å²) in [6, 6.07) is 4.76. The van der Waals surface area contributed by atoms with Crippen LogP contribution in [0.2, 0.25) is 0 Å². The number of hydrogen-bond donors (Lipinski definition) is 2. The fraction of sp³-hybridized carbons (Fsp3) is 0.214. The molecular weight excluding hydrogens is 359 g/mol. The molecule has 0 saturated carbocycles. The number of carbonyl (C=O) groups excluding carboxylic acids is 1. The van der Waals surface area contributed by atoms with Gasteiger partial charge >= 0.3 is 0 Å². The van der Waals surface area contributed by atoms with Crippen LogP contribution in [0.1, 0.15) is 17.2 Å². The van der Waals surface area contributed by atoms with E-state index in [-0.39, 0.29) is 5.56 Å². The number of nitrogens with zero attached hydrogens (tertiary/aromatic N) is 1. The molecule has 0 radical (unpaired) electrons. The van der Waals surface area contributed by atoms with Gasteiger partial charge < -0.3 is 15.3 Å². The van der Waals surface area contributed by atoms with Gasteiger partial charge in [0.2, 0.25) is 0 Å². The van der Waals surface area contributed by atoms with Crippen LogP contribution in [0, 0.1) is 5.82 Å². The molecule has 2 aromatic rings. The number of rotatable bonds is 3. The maximum absolute atomic E-state index is 14.2. The van der Waals surface area contributed by atoms with Gasteiger partial charge in [0, 0.05) is 24.8 Å². The molecule has 0 bridgehead atoms. The van der Waals surface area contributed by atoms with Crippen LogP contribution in [0.4, 0.5) is 15.8 Å². The Morgan fingerprint density at radius 2 is 2.24 bits per heavy atom. The second-order valence-electron chi connectivity index (χ2n) is 4.90. The molecule has 7 heteroatoms. The number of aliphatic hydroxyl groups excluding tert-OH is 1. The summed E-state index contributed by atoms with van der Waals surface area (Å²) in [6.07, 6.45) is -1.29. The molecule has 0 fully saturated rings. The number of carbonyl (C=O) groups is 1. The maximum Gasteiger partial charge on any atom is 0.257 e. The maximum atomic E-state index is 14.2. The van der Waals surface area contributed by atoms with Crippen LogP contribution in [-0.2, 0) is 11.3 Å². The van der Waals surface area contributed by atoms with Gasteiger partial charge in [-0.2, -0.15) is 0 Å². The van der Waals surface area contributed by atoms with E-state index in [1.54, 1.807) is 29.4 Å². The van der Waals surface area contributed by atoms with Crippen LogP contribution < -0.4 is 10.2 Å². The molecule has 2 N–H and O–H groups in total. The Labute approximate surface area is 133 Å². The van der Waals surface area contributed by atoms with Crippen molar-refractivity contribution in [3.05, 3.63) is 44.3 Å². The molecule has 1 aromatic heterocycles. The van der Waals surface area contributed by atoms with Crippen molar-refractivity contribution in [2.75, 3.05) is 17.3 Å². The zero-order chi connectivity index (χ0) is 15.1. The lowest BCUT2D eigenvalue weighted by Crippen LogP contribution is -2.17. The van der Waals surface area contributed by atoms with Crippen molar-refractivity contribution in [3.63, 3.8) is 0 Å². The lowest BCUT2D eigenvalue weighted by molar-refractivity contribution is -0.123. The average molecular weight is 371 g/mol. The summed E-state index contributed by atoms with van der Waals surface area (Å²) in [5, 5.41) is 14.2. The number of nitrogens with one attached hydrogen (secondary N) is 1. The first-order chi connectivity index (χ1) is 9.95. The Kier molecular flexibility index (Phi) is 3.73. The lowest BCUT2D eigenvalue weighted by Gasteiger charge is -2.20. The van der Waals surface area contributed by atoms with Gasteiger partial charge in [-0.1, -0.05) is 0 Å². The number of benzene rings is 1. The zero-order valence-corrected chi connectivity index (χ0v) is 13.5. The molecule has 1 amide bonds. The fourth-order valence-corrected chi connectivity index (χ4v) is 3.53. The van der Waals surface area contributed by atoms with Crippen LogP contribution in [0.3, 0.4) is 0 Å². The summed E-state index contributed by atoms with van der Waals surface area (Å²) >= 11 is 4.97. The number of anilines is 2. The third kappa shape index (κ3) is 2.68. The van der Waals surface area contributed by atoms with Crippen LogP contribution in [0.25, 0.3) is 0 Å². The van der Waals surface area contributed by atoms with E-state index in [1.165, 1.54) is 6.07 Å². The monoisotopic (exact) mass is 370 g/mol. The highest BCUT2D eigenvalue weighted by Crippen LogP contribution is 2.36. The molecule has 3 rings (SSSR count). The topological polar surface area (TPSA) is 52.6 Å². The average Bonchev–Trinajstić information content (AvgIpc) is 2.95. The molecular formula is C14H12BrFN2O2S. The molecule has 110 valence electrons. The third-order valence-electron chi connectivity index (χ3n) is 3.37. The minimum absolute atomic E-state index is 0.285. The number of amides is 1. The molecule has 0 spiro atoms. The quantitative estimate of drug-likeness (QED) is 0.871. The Hall–Kier alpha value is -1.44. The van der Waals surface area contributed by atoms with Gasteiger partial charge in [0.25, 0.3) is 5.91 Å². The van der Waals surface area contributed by atoms with E-state index < -0.39 is 17.8 Å². The van der Waals surface area contributed by atoms with E-state index in [0.29, 0.717) is 17.9 Å². The number of fused-ring (bicyclic) bond motifs is 1. The summed E-state index contributed by atoms with van der Waals surface area (Å²) in [6.45, 7) is 0.550. The van der Waals surface area contributed by atoms with E-state index >= 15 is 0 Å². The van der Waals surface area contributed by atoms with Crippen LogP contribution in [0.15, 0.2) is 27.4 Å². The molecule has 0 saturated heterocycles. The first-order valence-corrected chi connectivity index (χ1v) is 7.89. The summed E-state index contributed by atoms with van der Waals surface area (Å²) in [7, 11) is 1.78. The smallest absolute Gasteiger partial charge is 0.257 e. The standard InChI is InChI=1S/C14H12BrFN2O2S/c1-18(5-7-2-12(15)21-6-7)11-4-10-8(3-9(11)16)13(19)14(20)17-10/h2-4,6,13,19H,5H2,1H3,(H,17,20). The molecule has 1 aliphatic heterocycles. The fourth-order valence-electron chi connectivity index (χ4n) is 2.33. The van der Waals surface area contributed by atoms with Crippen molar-refractivity contribution in [1.29, 1.82) is 0 Å². The Balaban J connectivity index is 1.89. The van der Waals surface area contributed by atoms with Crippen molar-refractivity contribution in [1.82, 2.24) is 0 Å². The largest absolute Gasteiger partial charge is 0.378 e. The van der Waals surface area contributed by atoms with Crippen molar-refractivity contribution >= 4 is 44.5 Å². The number of halogens is 2. The van der Waals surface area contributed by atoms with E-state index in [2.05, 4.69) is 21.2 Å². The Bertz CT molecular complexity index is 719. The van der Waals surface area contributed by atoms with Gasteiger partial charge in [-0.25, -0.2) is 4.39 Å². The highest BCUT2D eigenvalue weighted by atomic mass is 79.9. The molecule has 1 aliphatic rings. The van der Waals surface area contributed by atoms with E-state index in [4.69, 9.17) is 0 Å². The van der Waals surface area contributed by atoms with Crippen molar-refractivity contribution in [2.45, 2.75) is 12.6 Å². The SMILES string of the molecule is CN(Cc1csc(Br)c1)c1cc2c(cc1F)C(O)C(=O)N2. The number of aliphatic hydroxyl groups is 1. The van der Waals surface area contributed by atoms with Gasteiger partial charge in [0.05, 0.1) is 9.47 Å². The van der Waals surface area contributed by atoms with Gasteiger partial charge in [-0.15, -0.1) is 11.3 Å². The lowest BCUT2D eigenvalue weighted by atomic mass is 10.1. The normalized spacial score (nSPS) is 16.8. The summed E-state index contributed by atoms with van der Waals surface area (Å²) < 4.78 is 15.2. The van der Waals surface area contributed by atoms with Gasteiger partial charge in [-0.3, -0.25) is 4.79 Å². The van der Waals surface area contributed by atoms with Crippen molar-refractivity contribution < 1.29 is 14.3 Å². The van der Waals surface area contributed by atoms with Crippen LogP contribution in [0.5, 0.6) is 0 Å². The van der Waals surface area contributed by atoms with E-state index in [1.807, 2.05) is 11.4 Å². The highest BCUT2D eigenvalue weighted by molar-refractivity contribution is 9.11. The molecule has 1 unspecified atom stereocenters. The second-order valence-corrected chi connectivity index (χ2v) is 7.19. The van der Waals surface area contributed by atoms with Gasteiger partial charge in [-0.05, 0) is 45.1 Å². The van der Waals surface area contributed by atoms with Gasteiger partial charge in [0.1, 0.15) is 5.82 Å². The van der Waals surface area contributed by atoms with Crippen molar-refractivity contribution in [2.24, 2.45) is 0 Å².